The van der Waals surface area contributed by atoms with Crippen LogP contribution in [0.25, 0.3) is 0 Å². The number of phenolic OH excluding ortho intramolecular Hbond substituents is 1. The maximum atomic E-state index is 10.1. The largest absolute Gasteiger partial charge is 0.506 e. The summed E-state index contributed by atoms with van der Waals surface area (Å²) in [6.07, 6.45) is 0. The second kappa shape index (κ2) is 6.11. The Bertz CT molecular complexity index is 420. The van der Waals surface area contributed by atoms with Crippen LogP contribution in [0.15, 0.2) is 12.1 Å². The molecular weight excluding hydrogens is 273 g/mol. The second-order valence-corrected chi connectivity index (χ2v) is 5.85. The van der Waals surface area contributed by atoms with Crippen molar-refractivity contribution in [2.24, 2.45) is 5.92 Å². The Balaban J connectivity index is 2.65. The van der Waals surface area contributed by atoms with Crippen molar-refractivity contribution in [3.63, 3.8) is 0 Å². The molecule has 0 heterocycles. The number of hydrogen-bond donors (Lipinski definition) is 3. The van der Waals surface area contributed by atoms with Gasteiger partial charge < -0.3 is 15.5 Å². The summed E-state index contributed by atoms with van der Waals surface area (Å²) in [4.78, 5) is 0. The van der Waals surface area contributed by atoms with Crippen molar-refractivity contribution in [1.29, 1.82) is 0 Å². The highest BCUT2D eigenvalue weighted by atomic mass is 35.5. The number of nitrogens with one attached hydrogen (secondary N) is 1. The highest BCUT2D eigenvalue weighted by molar-refractivity contribution is 6.35. The number of benzene rings is 1. The molecule has 0 radical (unpaired) electrons. The van der Waals surface area contributed by atoms with Crippen LogP contribution in [-0.4, -0.2) is 22.4 Å². The Morgan fingerprint density at radius 3 is 2.50 bits per heavy atom. The number of phenols is 1. The molecule has 0 fully saturated rings. The zero-order valence-electron chi connectivity index (χ0n) is 10.8. The maximum absolute atomic E-state index is 10.1. The van der Waals surface area contributed by atoms with Crippen LogP contribution in [0.3, 0.4) is 0 Å². The fourth-order valence-electron chi connectivity index (χ4n) is 1.41. The molecular formula is C13H19Cl2NO2. The van der Waals surface area contributed by atoms with Gasteiger partial charge in [0.15, 0.2) is 0 Å². The fraction of sp³-hybridized carbons (Fsp3) is 0.538. The van der Waals surface area contributed by atoms with E-state index < -0.39 is 5.60 Å². The van der Waals surface area contributed by atoms with Crippen molar-refractivity contribution < 1.29 is 10.2 Å². The number of aliphatic hydroxyl groups is 1. The molecule has 1 aromatic carbocycles. The third-order valence-corrected chi connectivity index (χ3v) is 3.66. The van der Waals surface area contributed by atoms with Gasteiger partial charge in [0.25, 0.3) is 0 Å². The van der Waals surface area contributed by atoms with E-state index in [1.54, 1.807) is 13.0 Å². The van der Waals surface area contributed by atoms with Crippen LogP contribution in [0.4, 0.5) is 0 Å². The molecule has 0 amide bonds. The van der Waals surface area contributed by atoms with Gasteiger partial charge in [-0.25, -0.2) is 0 Å². The van der Waals surface area contributed by atoms with Gasteiger partial charge in [0.1, 0.15) is 5.75 Å². The lowest BCUT2D eigenvalue weighted by molar-refractivity contribution is 0.0139. The Labute approximate surface area is 118 Å². The van der Waals surface area contributed by atoms with Gasteiger partial charge in [0, 0.05) is 23.7 Å². The minimum Gasteiger partial charge on any atom is -0.506 e. The minimum atomic E-state index is -0.794. The molecule has 102 valence electrons. The molecule has 18 heavy (non-hydrogen) atoms. The van der Waals surface area contributed by atoms with Gasteiger partial charge in [-0.2, -0.15) is 0 Å². The van der Waals surface area contributed by atoms with Gasteiger partial charge >= 0.3 is 0 Å². The first-order valence-electron chi connectivity index (χ1n) is 5.84. The minimum absolute atomic E-state index is 0.0257. The third-order valence-electron chi connectivity index (χ3n) is 3.15. The predicted octanol–water partition coefficient (Wildman–Crippen LogP) is 3.20. The molecule has 3 nitrogen and oxygen atoms in total. The van der Waals surface area contributed by atoms with E-state index in [2.05, 4.69) is 5.32 Å². The van der Waals surface area contributed by atoms with Crippen LogP contribution in [0, 0.1) is 5.92 Å². The maximum Gasteiger partial charge on any atom is 0.138 e. The average Bonchev–Trinajstić information content (AvgIpc) is 2.24. The first-order chi connectivity index (χ1) is 8.24. The molecule has 1 rings (SSSR count). The second-order valence-electron chi connectivity index (χ2n) is 5.01. The van der Waals surface area contributed by atoms with Crippen LogP contribution in [0.2, 0.25) is 10.0 Å². The van der Waals surface area contributed by atoms with Crippen LogP contribution in [0.1, 0.15) is 26.3 Å². The van der Waals surface area contributed by atoms with Gasteiger partial charge in [-0.3, -0.25) is 0 Å². The van der Waals surface area contributed by atoms with Crippen LogP contribution in [0.5, 0.6) is 5.75 Å². The zero-order chi connectivity index (χ0) is 13.9. The summed E-state index contributed by atoms with van der Waals surface area (Å²) < 4.78 is 0. The van der Waals surface area contributed by atoms with Gasteiger partial charge in [-0.15, -0.1) is 0 Å². The van der Waals surface area contributed by atoms with Crippen molar-refractivity contribution in [3.8, 4) is 5.75 Å². The van der Waals surface area contributed by atoms with Gasteiger partial charge in [-0.1, -0.05) is 37.0 Å². The van der Waals surface area contributed by atoms with Gasteiger partial charge in [0.05, 0.1) is 10.6 Å². The zero-order valence-corrected chi connectivity index (χ0v) is 12.3. The van der Waals surface area contributed by atoms with E-state index in [-0.39, 0.29) is 16.7 Å². The van der Waals surface area contributed by atoms with Gasteiger partial charge in [0.2, 0.25) is 0 Å². The highest BCUT2D eigenvalue weighted by Crippen LogP contribution is 2.31. The SMILES string of the molecule is CC(C)C(C)(O)CNCc1cc(Cl)cc(Cl)c1O. The molecule has 0 bridgehead atoms. The normalized spacial score (nSPS) is 14.8. The molecule has 1 atom stereocenters. The average molecular weight is 292 g/mol. The topological polar surface area (TPSA) is 52.5 Å². The Hall–Kier alpha value is -0.480. The van der Waals surface area contributed by atoms with Crippen LogP contribution in [-0.2, 0) is 6.54 Å². The molecule has 0 spiro atoms. The summed E-state index contributed by atoms with van der Waals surface area (Å²) in [5.74, 6) is 0.166. The molecule has 1 unspecified atom stereocenters. The highest BCUT2D eigenvalue weighted by Gasteiger charge is 2.24. The summed E-state index contributed by atoms with van der Waals surface area (Å²) in [5.41, 5.74) is -0.176. The van der Waals surface area contributed by atoms with Crippen molar-refractivity contribution in [2.45, 2.75) is 32.9 Å². The summed E-state index contributed by atoms with van der Waals surface area (Å²) >= 11 is 11.7. The molecule has 5 heteroatoms. The van der Waals surface area contributed by atoms with E-state index in [9.17, 15) is 10.2 Å². The predicted molar refractivity (Wildman–Crippen MR) is 75.3 cm³/mol. The van der Waals surface area contributed by atoms with Crippen molar-refractivity contribution in [3.05, 3.63) is 27.7 Å². The number of hydrogen-bond acceptors (Lipinski definition) is 3. The molecule has 0 saturated carbocycles. The quantitative estimate of drug-likeness (QED) is 0.781. The third kappa shape index (κ3) is 4.02. The smallest absolute Gasteiger partial charge is 0.138 e. The molecule has 3 N–H and O–H groups in total. The molecule has 0 aliphatic heterocycles. The first kappa shape index (κ1) is 15.6. The number of aromatic hydroxyl groups is 1. The molecule has 0 aliphatic rings. The van der Waals surface area contributed by atoms with E-state index >= 15 is 0 Å². The molecule has 0 aliphatic carbocycles. The van der Waals surface area contributed by atoms with Gasteiger partial charge in [-0.05, 0) is 25.0 Å². The molecule has 0 saturated heterocycles. The summed E-state index contributed by atoms with van der Waals surface area (Å²) in [6.45, 7) is 6.50. The monoisotopic (exact) mass is 291 g/mol. The van der Waals surface area contributed by atoms with E-state index in [1.165, 1.54) is 6.07 Å². The fourth-order valence-corrected chi connectivity index (χ4v) is 1.94. The summed E-state index contributed by atoms with van der Waals surface area (Å²) in [5, 5.41) is 23.6. The first-order valence-corrected chi connectivity index (χ1v) is 6.59. The lowest BCUT2D eigenvalue weighted by Crippen LogP contribution is -2.41. The lowest BCUT2D eigenvalue weighted by Gasteiger charge is -2.28. The van der Waals surface area contributed by atoms with E-state index in [1.807, 2.05) is 13.8 Å². The molecule has 1 aromatic rings. The lowest BCUT2D eigenvalue weighted by atomic mass is 9.92. The number of rotatable bonds is 5. The number of halogens is 2. The summed E-state index contributed by atoms with van der Waals surface area (Å²) in [6, 6.07) is 3.14. The van der Waals surface area contributed by atoms with E-state index in [4.69, 9.17) is 23.2 Å². The van der Waals surface area contributed by atoms with E-state index in [0.717, 1.165) is 0 Å². The van der Waals surface area contributed by atoms with E-state index in [0.29, 0.717) is 23.7 Å². The Kier molecular flexibility index (Phi) is 5.29. The van der Waals surface area contributed by atoms with Crippen LogP contribution < -0.4 is 5.32 Å². The Morgan fingerprint density at radius 2 is 1.94 bits per heavy atom. The Morgan fingerprint density at radius 1 is 1.33 bits per heavy atom. The van der Waals surface area contributed by atoms with Crippen molar-refractivity contribution >= 4 is 23.2 Å². The summed E-state index contributed by atoms with van der Waals surface area (Å²) in [7, 11) is 0. The molecule has 0 aromatic heterocycles. The standard InChI is InChI=1S/C13H19Cl2NO2/c1-8(2)13(3,18)7-16-6-9-4-10(14)5-11(15)12(9)17/h4-5,8,16-18H,6-7H2,1-3H3. The van der Waals surface area contributed by atoms with Crippen molar-refractivity contribution in [2.75, 3.05) is 6.54 Å². The van der Waals surface area contributed by atoms with Crippen LogP contribution >= 0.6 is 23.2 Å². The van der Waals surface area contributed by atoms with Crippen molar-refractivity contribution in [1.82, 2.24) is 5.32 Å².